The number of halogens is 2. The molecule has 0 aliphatic carbocycles. The van der Waals surface area contributed by atoms with E-state index in [9.17, 15) is 0 Å². The fraction of sp³-hybridized carbons (Fsp3) is 0.143. The summed E-state index contributed by atoms with van der Waals surface area (Å²) in [6.07, 6.45) is 0. The molecule has 94 valence electrons. The Bertz CT molecular complexity index is 572. The molecule has 2 N–H and O–H groups in total. The molecule has 2 nitrogen and oxygen atoms in total. The third-order valence-corrected chi connectivity index (χ3v) is 3.39. The summed E-state index contributed by atoms with van der Waals surface area (Å²) < 4.78 is 6.75. The van der Waals surface area contributed by atoms with Gasteiger partial charge in [0, 0.05) is 11.0 Å². The molecular weight excluding hydrogens is 314 g/mol. The van der Waals surface area contributed by atoms with E-state index in [1.54, 1.807) is 6.07 Å². The molecule has 0 radical (unpaired) electrons. The first-order chi connectivity index (χ1) is 8.60. The largest absolute Gasteiger partial charge is 0.455 e. The summed E-state index contributed by atoms with van der Waals surface area (Å²) >= 11 is 9.49. The molecule has 0 unspecified atom stereocenters. The van der Waals surface area contributed by atoms with Crippen LogP contribution in [0.4, 0.5) is 0 Å². The Morgan fingerprint density at radius 3 is 2.61 bits per heavy atom. The maximum absolute atomic E-state index is 6.09. The van der Waals surface area contributed by atoms with Crippen molar-refractivity contribution in [2.45, 2.75) is 13.5 Å². The molecule has 18 heavy (non-hydrogen) atoms. The van der Waals surface area contributed by atoms with Gasteiger partial charge >= 0.3 is 0 Å². The summed E-state index contributed by atoms with van der Waals surface area (Å²) in [4.78, 5) is 0. The van der Waals surface area contributed by atoms with Crippen molar-refractivity contribution < 1.29 is 4.74 Å². The van der Waals surface area contributed by atoms with Gasteiger partial charge in [-0.2, -0.15) is 0 Å². The van der Waals surface area contributed by atoms with E-state index in [0.717, 1.165) is 21.3 Å². The molecule has 2 rings (SSSR count). The van der Waals surface area contributed by atoms with E-state index in [2.05, 4.69) is 15.9 Å². The SMILES string of the molecule is Cc1cc(CN)ccc1Oc1cc(Br)ccc1Cl. The lowest BCUT2D eigenvalue weighted by atomic mass is 10.1. The molecule has 0 heterocycles. The zero-order valence-corrected chi connectivity index (χ0v) is 12.3. The van der Waals surface area contributed by atoms with Crippen LogP contribution in [0.5, 0.6) is 11.5 Å². The van der Waals surface area contributed by atoms with Crippen LogP contribution in [0.2, 0.25) is 5.02 Å². The maximum atomic E-state index is 6.09. The van der Waals surface area contributed by atoms with Crippen molar-refractivity contribution in [3.8, 4) is 11.5 Å². The zero-order valence-electron chi connectivity index (χ0n) is 9.91. The first-order valence-electron chi connectivity index (χ1n) is 5.52. The molecular formula is C14H13BrClNO. The van der Waals surface area contributed by atoms with Crippen molar-refractivity contribution in [2.24, 2.45) is 5.73 Å². The Hall–Kier alpha value is -1.03. The van der Waals surface area contributed by atoms with E-state index >= 15 is 0 Å². The van der Waals surface area contributed by atoms with Crippen LogP contribution in [0.3, 0.4) is 0 Å². The molecule has 0 saturated carbocycles. The smallest absolute Gasteiger partial charge is 0.147 e. The molecule has 0 spiro atoms. The molecule has 0 amide bonds. The maximum Gasteiger partial charge on any atom is 0.147 e. The molecule has 0 aliphatic rings. The van der Waals surface area contributed by atoms with Crippen LogP contribution in [0.1, 0.15) is 11.1 Å². The molecule has 0 aliphatic heterocycles. The molecule has 0 aromatic heterocycles. The Balaban J connectivity index is 2.31. The molecule has 0 atom stereocenters. The third kappa shape index (κ3) is 3.05. The van der Waals surface area contributed by atoms with Crippen LogP contribution in [0.25, 0.3) is 0 Å². The Kier molecular flexibility index (Phi) is 4.27. The molecule has 0 bridgehead atoms. The summed E-state index contributed by atoms with van der Waals surface area (Å²) in [7, 11) is 0. The Labute approximate surface area is 120 Å². The second kappa shape index (κ2) is 5.74. The van der Waals surface area contributed by atoms with Gasteiger partial charge < -0.3 is 10.5 Å². The molecule has 0 fully saturated rings. The lowest BCUT2D eigenvalue weighted by Gasteiger charge is -2.11. The highest BCUT2D eigenvalue weighted by atomic mass is 79.9. The second-order valence-corrected chi connectivity index (χ2v) is 5.30. The number of benzene rings is 2. The predicted molar refractivity (Wildman–Crippen MR) is 78.3 cm³/mol. The van der Waals surface area contributed by atoms with E-state index in [0.29, 0.717) is 17.3 Å². The minimum atomic E-state index is 0.527. The number of hydrogen-bond donors (Lipinski definition) is 1. The van der Waals surface area contributed by atoms with Gasteiger partial charge in [-0.15, -0.1) is 0 Å². The predicted octanol–water partition coefficient (Wildman–Crippen LogP) is 4.66. The topological polar surface area (TPSA) is 35.2 Å². The third-order valence-electron chi connectivity index (χ3n) is 2.59. The van der Waals surface area contributed by atoms with Gasteiger partial charge in [0.15, 0.2) is 0 Å². The first-order valence-corrected chi connectivity index (χ1v) is 6.70. The van der Waals surface area contributed by atoms with Gasteiger partial charge in [-0.05, 0) is 42.3 Å². The van der Waals surface area contributed by atoms with Crippen LogP contribution < -0.4 is 10.5 Å². The quantitative estimate of drug-likeness (QED) is 0.890. The van der Waals surface area contributed by atoms with Crippen LogP contribution in [-0.4, -0.2) is 0 Å². The number of rotatable bonds is 3. The zero-order chi connectivity index (χ0) is 13.1. The summed E-state index contributed by atoms with van der Waals surface area (Å²) in [5.41, 5.74) is 7.72. The normalized spacial score (nSPS) is 10.4. The Morgan fingerprint density at radius 2 is 1.94 bits per heavy atom. The highest BCUT2D eigenvalue weighted by molar-refractivity contribution is 9.10. The lowest BCUT2D eigenvalue weighted by molar-refractivity contribution is 0.478. The Morgan fingerprint density at radius 1 is 1.17 bits per heavy atom. The van der Waals surface area contributed by atoms with Gasteiger partial charge in [0.25, 0.3) is 0 Å². The second-order valence-electron chi connectivity index (χ2n) is 3.98. The number of nitrogens with two attached hydrogens (primary N) is 1. The van der Waals surface area contributed by atoms with Crippen LogP contribution >= 0.6 is 27.5 Å². The number of hydrogen-bond acceptors (Lipinski definition) is 2. The van der Waals surface area contributed by atoms with Crippen LogP contribution in [0, 0.1) is 6.92 Å². The van der Waals surface area contributed by atoms with Gasteiger partial charge in [-0.25, -0.2) is 0 Å². The van der Waals surface area contributed by atoms with Crippen molar-refractivity contribution in [3.05, 3.63) is 57.0 Å². The van der Waals surface area contributed by atoms with E-state index < -0.39 is 0 Å². The number of ether oxygens (including phenoxy) is 1. The highest BCUT2D eigenvalue weighted by Crippen LogP contribution is 2.33. The van der Waals surface area contributed by atoms with E-state index in [1.807, 2.05) is 37.3 Å². The molecule has 2 aromatic rings. The minimum absolute atomic E-state index is 0.527. The van der Waals surface area contributed by atoms with Gasteiger partial charge in [0.1, 0.15) is 11.5 Å². The van der Waals surface area contributed by atoms with Crippen molar-refractivity contribution in [2.75, 3.05) is 0 Å². The van der Waals surface area contributed by atoms with Crippen molar-refractivity contribution >= 4 is 27.5 Å². The van der Waals surface area contributed by atoms with Gasteiger partial charge in [-0.3, -0.25) is 0 Å². The van der Waals surface area contributed by atoms with Crippen molar-refractivity contribution in [1.29, 1.82) is 0 Å². The van der Waals surface area contributed by atoms with Crippen molar-refractivity contribution in [3.63, 3.8) is 0 Å². The van der Waals surface area contributed by atoms with E-state index in [-0.39, 0.29) is 0 Å². The molecule has 4 heteroatoms. The van der Waals surface area contributed by atoms with E-state index in [1.165, 1.54) is 0 Å². The van der Waals surface area contributed by atoms with Crippen LogP contribution in [0.15, 0.2) is 40.9 Å². The van der Waals surface area contributed by atoms with Gasteiger partial charge in [-0.1, -0.05) is 39.7 Å². The fourth-order valence-electron chi connectivity index (χ4n) is 1.63. The molecule has 0 saturated heterocycles. The summed E-state index contributed by atoms with van der Waals surface area (Å²) in [6.45, 7) is 2.51. The standard InChI is InChI=1S/C14H13BrClNO/c1-9-6-10(8-17)2-5-13(9)18-14-7-11(15)3-4-12(14)16/h2-7H,8,17H2,1H3. The van der Waals surface area contributed by atoms with Gasteiger partial charge in [0.05, 0.1) is 5.02 Å². The number of aryl methyl sites for hydroxylation is 1. The monoisotopic (exact) mass is 325 g/mol. The lowest BCUT2D eigenvalue weighted by Crippen LogP contribution is -1.97. The molecule has 2 aromatic carbocycles. The fourth-order valence-corrected chi connectivity index (χ4v) is 2.12. The van der Waals surface area contributed by atoms with Crippen molar-refractivity contribution in [1.82, 2.24) is 0 Å². The van der Waals surface area contributed by atoms with Gasteiger partial charge in [0.2, 0.25) is 0 Å². The summed E-state index contributed by atoms with van der Waals surface area (Å²) in [5.74, 6) is 1.42. The summed E-state index contributed by atoms with van der Waals surface area (Å²) in [6, 6.07) is 11.4. The first kappa shape index (κ1) is 13.4. The average Bonchev–Trinajstić information content (AvgIpc) is 2.36. The van der Waals surface area contributed by atoms with Crippen LogP contribution in [-0.2, 0) is 6.54 Å². The summed E-state index contributed by atoms with van der Waals surface area (Å²) in [5, 5.41) is 0.584. The average molecular weight is 327 g/mol. The van der Waals surface area contributed by atoms with E-state index in [4.69, 9.17) is 22.1 Å². The highest BCUT2D eigenvalue weighted by Gasteiger charge is 2.06. The minimum Gasteiger partial charge on any atom is -0.455 e.